The molecule has 0 radical (unpaired) electrons. The van der Waals surface area contributed by atoms with E-state index in [1.807, 2.05) is 0 Å². The van der Waals surface area contributed by atoms with E-state index in [-0.39, 0.29) is 19.1 Å². The van der Waals surface area contributed by atoms with Gasteiger partial charge in [0.2, 0.25) is 5.91 Å². The summed E-state index contributed by atoms with van der Waals surface area (Å²) in [7, 11) is 0. The van der Waals surface area contributed by atoms with Gasteiger partial charge in [0.05, 0.1) is 19.7 Å². The van der Waals surface area contributed by atoms with Crippen LogP contribution in [0, 0.1) is 5.92 Å². The van der Waals surface area contributed by atoms with Gasteiger partial charge in [0.25, 0.3) is 0 Å². The molecule has 3 N–H and O–H groups in total. The van der Waals surface area contributed by atoms with E-state index < -0.39 is 5.91 Å². The minimum Gasteiger partial charge on any atom is -0.464 e. The van der Waals surface area contributed by atoms with Crippen molar-refractivity contribution in [1.29, 1.82) is 0 Å². The molecule has 74 valence electrons. The summed E-state index contributed by atoms with van der Waals surface area (Å²) in [5.41, 5.74) is 4.86. The first-order valence-corrected chi connectivity index (χ1v) is 4.33. The lowest BCUT2D eigenvalue weighted by Crippen LogP contribution is -2.33. The second kappa shape index (κ2) is 4.81. The van der Waals surface area contributed by atoms with Gasteiger partial charge in [0.1, 0.15) is 0 Å². The van der Waals surface area contributed by atoms with Crippen molar-refractivity contribution >= 4 is 11.9 Å². The fraction of sp³-hybridized carbons (Fsp3) is 0.750. The van der Waals surface area contributed by atoms with Gasteiger partial charge in [-0.3, -0.25) is 14.9 Å². The molecule has 0 atom stereocenters. The maximum Gasteiger partial charge on any atom is 0.319 e. The van der Waals surface area contributed by atoms with E-state index >= 15 is 0 Å². The molecule has 5 nitrogen and oxygen atoms in total. The number of hydrogen-bond donors (Lipinski definition) is 2. The minimum absolute atomic E-state index is 0.0124. The summed E-state index contributed by atoms with van der Waals surface area (Å²) in [4.78, 5) is 21.2. The third-order valence-corrected chi connectivity index (χ3v) is 1.75. The molecule has 1 fully saturated rings. The number of amides is 1. The predicted molar refractivity (Wildman–Crippen MR) is 45.7 cm³/mol. The third kappa shape index (κ3) is 5.19. The Morgan fingerprint density at radius 3 is 2.62 bits per heavy atom. The topological polar surface area (TPSA) is 81.4 Å². The van der Waals surface area contributed by atoms with Gasteiger partial charge >= 0.3 is 5.97 Å². The average Bonchev–Trinajstić information content (AvgIpc) is 2.83. The maximum atomic E-state index is 10.9. The Labute approximate surface area is 76.6 Å². The zero-order valence-electron chi connectivity index (χ0n) is 7.41. The van der Waals surface area contributed by atoms with Crippen molar-refractivity contribution in [2.75, 3.05) is 19.7 Å². The number of rotatable bonds is 6. The first-order valence-electron chi connectivity index (χ1n) is 4.33. The van der Waals surface area contributed by atoms with Crippen LogP contribution in [-0.2, 0) is 14.3 Å². The van der Waals surface area contributed by atoms with Crippen LogP contribution in [0.25, 0.3) is 0 Å². The van der Waals surface area contributed by atoms with E-state index in [2.05, 4.69) is 5.32 Å². The lowest BCUT2D eigenvalue weighted by Gasteiger charge is -2.03. The maximum absolute atomic E-state index is 10.9. The lowest BCUT2D eigenvalue weighted by atomic mass is 10.5. The molecule has 1 rings (SSSR count). The van der Waals surface area contributed by atoms with Crippen molar-refractivity contribution in [3.05, 3.63) is 0 Å². The Hall–Kier alpha value is -1.10. The van der Waals surface area contributed by atoms with Gasteiger partial charge in [-0.2, -0.15) is 0 Å². The summed E-state index contributed by atoms with van der Waals surface area (Å²) in [6.45, 7) is 0.575. The van der Waals surface area contributed by atoms with E-state index in [1.54, 1.807) is 0 Å². The van der Waals surface area contributed by atoms with Crippen LogP contribution in [0.5, 0.6) is 0 Å². The number of carbonyl (C=O) groups is 2. The molecule has 1 aliphatic carbocycles. The van der Waals surface area contributed by atoms with Gasteiger partial charge in [-0.05, 0) is 18.8 Å². The quantitative estimate of drug-likeness (QED) is 0.522. The Morgan fingerprint density at radius 2 is 2.08 bits per heavy atom. The number of nitrogens with one attached hydrogen (secondary N) is 1. The summed E-state index contributed by atoms with van der Waals surface area (Å²) in [5.74, 6) is -0.233. The number of esters is 1. The fourth-order valence-electron chi connectivity index (χ4n) is 0.834. The normalized spacial score (nSPS) is 15.4. The third-order valence-electron chi connectivity index (χ3n) is 1.75. The highest BCUT2D eigenvalue weighted by atomic mass is 16.5. The molecule has 1 amide bonds. The predicted octanol–water partition coefficient (Wildman–Crippen LogP) is -0.986. The van der Waals surface area contributed by atoms with Gasteiger partial charge in [-0.1, -0.05) is 0 Å². The Kier molecular flexibility index (Phi) is 3.70. The summed E-state index contributed by atoms with van der Waals surface area (Å²) in [6.07, 6.45) is 2.31. The average molecular weight is 186 g/mol. The monoisotopic (exact) mass is 186 g/mol. The molecular formula is C8H14N2O3. The molecule has 1 aliphatic rings. The molecule has 0 unspecified atom stereocenters. The molecule has 0 aromatic heterocycles. The van der Waals surface area contributed by atoms with E-state index in [4.69, 9.17) is 10.5 Å². The number of carbonyl (C=O) groups excluding carboxylic acids is 2. The summed E-state index contributed by atoms with van der Waals surface area (Å²) < 4.78 is 4.89. The van der Waals surface area contributed by atoms with Crippen LogP contribution in [0.2, 0.25) is 0 Å². The first kappa shape index (κ1) is 9.98. The van der Waals surface area contributed by atoms with E-state index in [0.717, 1.165) is 12.8 Å². The van der Waals surface area contributed by atoms with Gasteiger partial charge in [-0.25, -0.2) is 0 Å². The smallest absolute Gasteiger partial charge is 0.319 e. The lowest BCUT2D eigenvalue weighted by molar-refractivity contribution is -0.143. The molecule has 1 saturated carbocycles. The standard InChI is InChI=1S/C8H14N2O3/c9-7(11)3-10-4-8(12)13-5-6-1-2-6/h6,10H,1-5H2,(H2,9,11). The van der Waals surface area contributed by atoms with Crippen LogP contribution < -0.4 is 11.1 Å². The highest BCUT2D eigenvalue weighted by Crippen LogP contribution is 2.28. The number of ether oxygens (including phenoxy) is 1. The molecule has 0 aromatic rings. The first-order chi connectivity index (χ1) is 6.18. The van der Waals surface area contributed by atoms with E-state index in [0.29, 0.717) is 12.5 Å². The van der Waals surface area contributed by atoms with Crippen molar-refractivity contribution in [3.63, 3.8) is 0 Å². The van der Waals surface area contributed by atoms with Crippen LogP contribution in [0.15, 0.2) is 0 Å². The van der Waals surface area contributed by atoms with Crippen LogP contribution in [0.1, 0.15) is 12.8 Å². The summed E-state index contributed by atoms with van der Waals surface area (Å²) in [5, 5.41) is 2.58. The zero-order chi connectivity index (χ0) is 9.68. The van der Waals surface area contributed by atoms with Crippen molar-refractivity contribution < 1.29 is 14.3 Å². The molecule has 0 bridgehead atoms. The number of primary amides is 1. The van der Waals surface area contributed by atoms with Gasteiger partial charge < -0.3 is 10.5 Å². The van der Waals surface area contributed by atoms with Gasteiger partial charge in [0, 0.05) is 0 Å². The SMILES string of the molecule is NC(=O)CNCC(=O)OCC1CC1. The second-order valence-corrected chi connectivity index (χ2v) is 3.20. The van der Waals surface area contributed by atoms with Crippen LogP contribution in [0.3, 0.4) is 0 Å². The van der Waals surface area contributed by atoms with Crippen molar-refractivity contribution in [2.24, 2.45) is 11.7 Å². The molecule has 0 spiro atoms. The van der Waals surface area contributed by atoms with Crippen LogP contribution in [-0.4, -0.2) is 31.6 Å². The Morgan fingerprint density at radius 1 is 1.38 bits per heavy atom. The van der Waals surface area contributed by atoms with Gasteiger partial charge in [0.15, 0.2) is 0 Å². The fourth-order valence-corrected chi connectivity index (χ4v) is 0.834. The highest BCUT2D eigenvalue weighted by Gasteiger charge is 2.22. The van der Waals surface area contributed by atoms with E-state index in [9.17, 15) is 9.59 Å². The summed E-state index contributed by atoms with van der Waals surface area (Å²) in [6, 6.07) is 0. The van der Waals surface area contributed by atoms with Crippen molar-refractivity contribution in [1.82, 2.24) is 5.32 Å². The molecule has 0 aliphatic heterocycles. The number of nitrogens with two attached hydrogens (primary N) is 1. The molecule has 13 heavy (non-hydrogen) atoms. The molecule has 0 saturated heterocycles. The molecule has 0 aromatic carbocycles. The number of hydrogen-bond acceptors (Lipinski definition) is 4. The second-order valence-electron chi connectivity index (χ2n) is 3.20. The largest absolute Gasteiger partial charge is 0.464 e. The molecule has 5 heteroatoms. The Bertz CT molecular complexity index is 202. The van der Waals surface area contributed by atoms with Crippen LogP contribution in [0.4, 0.5) is 0 Å². The summed E-state index contributed by atoms with van der Waals surface area (Å²) >= 11 is 0. The zero-order valence-corrected chi connectivity index (χ0v) is 7.41. The van der Waals surface area contributed by atoms with Gasteiger partial charge in [-0.15, -0.1) is 0 Å². The Balaban J connectivity index is 1.93. The highest BCUT2D eigenvalue weighted by molar-refractivity contribution is 5.77. The van der Waals surface area contributed by atoms with Crippen LogP contribution >= 0.6 is 0 Å². The van der Waals surface area contributed by atoms with E-state index in [1.165, 1.54) is 0 Å². The molecular weight excluding hydrogens is 172 g/mol. The van der Waals surface area contributed by atoms with Crippen molar-refractivity contribution in [3.8, 4) is 0 Å². The van der Waals surface area contributed by atoms with Crippen molar-refractivity contribution in [2.45, 2.75) is 12.8 Å². The molecule has 0 heterocycles. The minimum atomic E-state index is -0.477.